The Kier molecular flexibility index (Phi) is 7.70. The predicted molar refractivity (Wildman–Crippen MR) is 124 cm³/mol. The zero-order chi connectivity index (χ0) is 23.8. The second kappa shape index (κ2) is 10.9. The van der Waals surface area contributed by atoms with Gasteiger partial charge < -0.3 is 23.7 Å². The maximum Gasteiger partial charge on any atom is 0.343 e. The van der Waals surface area contributed by atoms with Crippen LogP contribution in [0, 0.1) is 0 Å². The van der Waals surface area contributed by atoms with Crippen LogP contribution >= 0.6 is 0 Å². The molecule has 3 aromatic rings. The summed E-state index contributed by atoms with van der Waals surface area (Å²) < 4.78 is 26.4. The van der Waals surface area contributed by atoms with Crippen molar-refractivity contribution < 1.29 is 33.3 Å². The first kappa shape index (κ1) is 23.4. The summed E-state index contributed by atoms with van der Waals surface area (Å²) in [6.07, 6.45) is 3.07. The van der Waals surface area contributed by atoms with Gasteiger partial charge in [0.2, 0.25) is 0 Å². The first-order valence-electron chi connectivity index (χ1n) is 9.97. The van der Waals surface area contributed by atoms with Crippen molar-refractivity contribution in [2.24, 2.45) is 0 Å². The van der Waals surface area contributed by atoms with E-state index in [9.17, 15) is 9.59 Å². The summed E-state index contributed by atoms with van der Waals surface area (Å²) in [6.45, 7) is 0. The van der Waals surface area contributed by atoms with Gasteiger partial charge >= 0.3 is 5.97 Å². The molecule has 0 amide bonds. The average Bonchev–Trinajstić information content (AvgIpc) is 2.87. The summed E-state index contributed by atoms with van der Waals surface area (Å²) in [7, 11) is 6.03. The van der Waals surface area contributed by atoms with Crippen LogP contribution < -0.4 is 23.7 Å². The summed E-state index contributed by atoms with van der Waals surface area (Å²) in [5.74, 6) is 1.39. The number of ketones is 1. The van der Waals surface area contributed by atoms with Gasteiger partial charge in [0, 0.05) is 6.07 Å². The molecular formula is C26H24O7. The number of benzene rings is 3. The van der Waals surface area contributed by atoms with Crippen molar-refractivity contribution in [3.8, 4) is 28.7 Å². The Morgan fingerprint density at radius 2 is 1.42 bits per heavy atom. The zero-order valence-electron chi connectivity index (χ0n) is 18.8. The fraction of sp³-hybridized carbons (Fsp3) is 0.154. The summed E-state index contributed by atoms with van der Waals surface area (Å²) in [4.78, 5) is 25.2. The highest BCUT2D eigenvalue weighted by atomic mass is 16.6. The second-order valence-corrected chi connectivity index (χ2v) is 6.80. The third-order valence-electron chi connectivity index (χ3n) is 4.80. The Balaban J connectivity index is 1.77. The number of methoxy groups -OCH3 is 4. The summed E-state index contributed by atoms with van der Waals surface area (Å²) >= 11 is 0. The molecule has 0 fully saturated rings. The molecule has 0 atom stereocenters. The Hall–Kier alpha value is -4.26. The van der Waals surface area contributed by atoms with Crippen LogP contribution in [0.3, 0.4) is 0 Å². The summed E-state index contributed by atoms with van der Waals surface area (Å²) in [5, 5.41) is 0. The maximum absolute atomic E-state index is 12.7. The lowest BCUT2D eigenvalue weighted by molar-refractivity contribution is 0.0729. The molecule has 0 aliphatic carbocycles. The highest BCUT2D eigenvalue weighted by Gasteiger charge is 2.14. The van der Waals surface area contributed by atoms with Crippen LogP contribution in [-0.2, 0) is 0 Å². The lowest BCUT2D eigenvalue weighted by atomic mass is 10.1. The molecule has 3 rings (SSSR count). The van der Waals surface area contributed by atoms with Gasteiger partial charge in [-0.05, 0) is 54.1 Å². The molecule has 0 saturated carbocycles. The number of rotatable bonds is 9. The third-order valence-corrected chi connectivity index (χ3v) is 4.80. The molecule has 0 bridgehead atoms. The SMILES string of the molecule is COc1cccc(C(=O)Oc2ccc(/C=C/C(=O)c3ccc(OC)cc3OC)cc2OC)c1. The topological polar surface area (TPSA) is 80.3 Å². The van der Waals surface area contributed by atoms with Crippen molar-refractivity contribution in [2.75, 3.05) is 28.4 Å². The van der Waals surface area contributed by atoms with Gasteiger partial charge in [-0.25, -0.2) is 4.79 Å². The lowest BCUT2D eigenvalue weighted by Gasteiger charge is -2.10. The molecule has 0 unspecified atom stereocenters. The van der Waals surface area contributed by atoms with Gasteiger partial charge in [-0.1, -0.05) is 18.2 Å². The van der Waals surface area contributed by atoms with Crippen LogP contribution in [0.5, 0.6) is 28.7 Å². The fourth-order valence-electron chi connectivity index (χ4n) is 3.04. The van der Waals surface area contributed by atoms with Crippen molar-refractivity contribution in [1.82, 2.24) is 0 Å². The second-order valence-electron chi connectivity index (χ2n) is 6.80. The smallest absolute Gasteiger partial charge is 0.343 e. The van der Waals surface area contributed by atoms with Crippen LogP contribution in [0.1, 0.15) is 26.3 Å². The van der Waals surface area contributed by atoms with Crippen LogP contribution in [0.25, 0.3) is 6.08 Å². The van der Waals surface area contributed by atoms with E-state index in [1.807, 2.05) is 0 Å². The number of carbonyl (C=O) groups excluding carboxylic acids is 2. The normalized spacial score (nSPS) is 10.5. The summed E-state index contributed by atoms with van der Waals surface area (Å²) in [5.41, 5.74) is 1.44. The molecule has 0 aromatic heterocycles. The van der Waals surface area contributed by atoms with Gasteiger partial charge in [-0.2, -0.15) is 0 Å². The molecule has 0 N–H and O–H groups in total. The largest absolute Gasteiger partial charge is 0.497 e. The van der Waals surface area contributed by atoms with Crippen molar-refractivity contribution in [1.29, 1.82) is 0 Å². The van der Waals surface area contributed by atoms with E-state index in [4.69, 9.17) is 23.7 Å². The molecule has 0 spiro atoms. The van der Waals surface area contributed by atoms with E-state index < -0.39 is 5.97 Å². The van der Waals surface area contributed by atoms with E-state index in [1.165, 1.54) is 27.4 Å². The number of ether oxygens (including phenoxy) is 5. The highest BCUT2D eigenvalue weighted by molar-refractivity contribution is 6.08. The molecular weight excluding hydrogens is 424 g/mol. The maximum atomic E-state index is 12.7. The summed E-state index contributed by atoms with van der Waals surface area (Å²) in [6, 6.07) is 16.6. The Morgan fingerprint density at radius 3 is 2.12 bits per heavy atom. The number of carbonyl (C=O) groups is 2. The van der Waals surface area contributed by atoms with Crippen LogP contribution in [0.15, 0.2) is 66.7 Å². The fourth-order valence-corrected chi connectivity index (χ4v) is 3.04. The van der Waals surface area contributed by atoms with Gasteiger partial charge in [0.05, 0.1) is 39.6 Å². The minimum atomic E-state index is -0.544. The molecule has 170 valence electrons. The van der Waals surface area contributed by atoms with Crippen LogP contribution in [-0.4, -0.2) is 40.2 Å². The first-order valence-corrected chi connectivity index (χ1v) is 9.97. The van der Waals surface area contributed by atoms with E-state index in [0.29, 0.717) is 39.7 Å². The molecule has 0 aliphatic heterocycles. The molecule has 0 radical (unpaired) electrons. The van der Waals surface area contributed by atoms with Gasteiger partial charge in [0.1, 0.15) is 17.2 Å². The highest BCUT2D eigenvalue weighted by Crippen LogP contribution is 2.30. The minimum Gasteiger partial charge on any atom is -0.497 e. The van der Waals surface area contributed by atoms with E-state index in [2.05, 4.69) is 0 Å². The van der Waals surface area contributed by atoms with Gasteiger partial charge in [0.25, 0.3) is 0 Å². The van der Waals surface area contributed by atoms with Crippen molar-refractivity contribution in [2.45, 2.75) is 0 Å². The van der Waals surface area contributed by atoms with Crippen LogP contribution in [0.2, 0.25) is 0 Å². The molecule has 3 aromatic carbocycles. The number of allylic oxidation sites excluding steroid dienone is 1. The average molecular weight is 448 g/mol. The van der Waals surface area contributed by atoms with Crippen molar-refractivity contribution in [3.05, 3.63) is 83.4 Å². The third kappa shape index (κ3) is 5.71. The van der Waals surface area contributed by atoms with E-state index in [-0.39, 0.29) is 11.5 Å². The molecule has 33 heavy (non-hydrogen) atoms. The minimum absolute atomic E-state index is 0.234. The number of hydrogen-bond acceptors (Lipinski definition) is 7. The predicted octanol–water partition coefficient (Wildman–Crippen LogP) is 4.84. The van der Waals surface area contributed by atoms with Gasteiger partial charge in [-0.15, -0.1) is 0 Å². The molecule has 0 heterocycles. The van der Waals surface area contributed by atoms with E-state index in [1.54, 1.807) is 73.8 Å². The molecule has 7 nitrogen and oxygen atoms in total. The molecule has 7 heteroatoms. The van der Waals surface area contributed by atoms with E-state index >= 15 is 0 Å². The molecule has 0 aliphatic rings. The Bertz CT molecular complexity index is 1180. The van der Waals surface area contributed by atoms with Crippen molar-refractivity contribution in [3.63, 3.8) is 0 Å². The molecule has 0 saturated heterocycles. The standard InChI is InChI=1S/C26H24O7/c1-29-19-7-5-6-18(15-19)26(28)33-23-13-9-17(14-25(23)32-4)8-12-22(27)21-11-10-20(30-2)16-24(21)31-3/h5-16H,1-4H3/b12-8+. The monoisotopic (exact) mass is 448 g/mol. The van der Waals surface area contributed by atoms with Crippen LogP contribution in [0.4, 0.5) is 0 Å². The lowest BCUT2D eigenvalue weighted by Crippen LogP contribution is -2.09. The number of hydrogen-bond donors (Lipinski definition) is 0. The number of esters is 1. The van der Waals surface area contributed by atoms with Gasteiger partial charge in [-0.3, -0.25) is 4.79 Å². The Morgan fingerprint density at radius 1 is 0.697 bits per heavy atom. The quantitative estimate of drug-likeness (QED) is 0.201. The first-order chi connectivity index (χ1) is 16.0. The zero-order valence-corrected chi connectivity index (χ0v) is 18.8. The van der Waals surface area contributed by atoms with Crippen molar-refractivity contribution >= 4 is 17.8 Å². The van der Waals surface area contributed by atoms with Gasteiger partial charge in [0.15, 0.2) is 17.3 Å². The van der Waals surface area contributed by atoms with E-state index in [0.717, 1.165) is 0 Å². The Labute approximate surface area is 192 Å².